The van der Waals surface area contributed by atoms with Crippen LogP contribution in [0.15, 0.2) is 78.9 Å². The average Bonchev–Trinajstić information content (AvgIpc) is 3.06. The molecule has 1 atom stereocenters. The highest BCUT2D eigenvalue weighted by molar-refractivity contribution is 5.67. The molecule has 3 aromatic carbocycles. The Morgan fingerprint density at radius 3 is 2.21 bits per heavy atom. The lowest BCUT2D eigenvalue weighted by atomic mass is 9.71. The topological polar surface area (TPSA) is 12.5 Å². The molecule has 1 heterocycles. The molecule has 0 radical (unpaired) electrons. The van der Waals surface area contributed by atoms with Crippen molar-refractivity contribution in [3.63, 3.8) is 0 Å². The number of hydrogen-bond acceptors (Lipinski definition) is 2. The van der Waals surface area contributed by atoms with Gasteiger partial charge in [0, 0.05) is 24.2 Å². The van der Waals surface area contributed by atoms with Crippen LogP contribution >= 0.6 is 0 Å². The van der Waals surface area contributed by atoms with Crippen LogP contribution in [0.5, 0.6) is 5.75 Å². The van der Waals surface area contributed by atoms with Crippen molar-refractivity contribution in [1.29, 1.82) is 0 Å². The molecule has 0 amide bonds. The second kappa shape index (κ2) is 8.65. The van der Waals surface area contributed by atoms with Crippen molar-refractivity contribution in [3.05, 3.63) is 95.6 Å². The summed E-state index contributed by atoms with van der Waals surface area (Å²) in [7, 11) is 0. The van der Waals surface area contributed by atoms with Crippen LogP contribution < -0.4 is 9.64 Å². The lowest BCUT2D eigenvalue weighted by Crippen LogP contribution is -2.38. The van der Waals surface area contributed by atoms with Gasteiger partial charge in [0.15, 0.2) is 0 Å². The van der Waals surface area contributed by atoms with E-state index in [1.165, 1.54) is 18.2 Å². The fourth-order valence-electron chi connectivity index (χ4n) is 4.55. The van der Waals surface area contributed by atoms with E-state index >= 15 is 0 Å². The highest BCUT2D eigenvalue weighted by Crippen LogP contribution is 2.48. The molecule has 0 spiro atoms. The van der Waals surface area contributed by atoms with Crippen LogP contribution in [0.4, 0.5) is 32.0 Å². The molecular weight excluding hydrogens is 444 g/mol. The minimum Gasteiger partial charge on any atom is -0.406 e. The number of benzene rings is 3. The molecule has 4 rings (SSSR count). The molecule has 3 aromatic rings. The number of rotatable bonds is 6. The number of anilines is 1. The first-order valence-corrected chi connectivity index (χ1v) is 10.4. The van der Waals surface area contributed by atoms with Crippen molar-refractivity contribution in [2.24, 2.45) is 0 Å². The second-order valence-corrected chi connectivity index (χ2v) is 8.12. The Morgan fingerprint density at radius 2 is 1.52 bits per heavy atom. The maximum atomic E-state index is 13.0. The largest absolute Gasteiger partial charge is 0.573 e. The SMILES string of the molecule is FC(F)(F)CCN1CC(Cc2ccccc2)(c2cccc(OC(F)(F)F)c2)c2ccccc21. The van der Waals surface area contributed by atoms with Crippen LogP contribution in [0.25, 0.3) is 0 Å². The third kappa shape index (κ3) is 5.26. The smallest absolute Gasteiger partial charge is 0.406 e. The Hall–Kier alpha value is -3.16. The molecule has 0 bridgehead atoms. The number of ether oxygens (including phenoxy) is 1. The second-order valence-electron chi connectivity index (χ2n) is 8.12. The Bertz CT molecular complexity index is 1100. The summed E-state index contributed by atoms with van der Waals surface area (Å²) in [5, 5.41) is 0. The van der Waals surface area contributed by atoms with Crippen LogP contribution in [0.2, 0.25) is 0 Å². The molecule has 1 aliphatic heterocycles. The molecule has 0 saturated carbocycles. The maximum Gasteiger partial charge on any atom is 0.573 e. The minimum atomic E-state index is -4.85. The molecule has 1 unspecified atom stereocenters. The van der Waals surface area contributed by atoms with Gasteiger partial charge in [0.1, 0.15) is 5.75 Å². The Balaban J connectivity index is 1.81. The fourth-order valence-corrected chi connectivity index (χ4v) is 4.55. The van der Waals surface area contributed by atoms with E-state index in [-0.39, 0.29) is 18.8 Å². The van der Waals surface area contributed by atoms with Gasteiger partial charge >= 0.3 is 12.5 Å². The first-order valence-electron chi connectivity index (χ1n) is 10.4. The summed E-state index contributed by atoms with van der Waals surface area (Å²) >= 11 is 0. The molecule has 0 N–H and O–H groups in total. The predicted molar refractivity (Wildman–Crippen MR) is 113 cm³/mol. The standard InChI is InChI=1S/C25H21F6NO/c26-24(27,28)13-14-32-17-23(16-18-7-2-1-3-8-18,21-11-4-5-12-22(21)32)19-9-6-10-20(15-19)33-25(29,30)31/h1-12,15H,13-14,16-17H2. The normalized spacial score (nSPS) is 18.3. The average molecular weight is 465 g/mol. The lowest BCUT2D eigenvalue weighted by molar-refractivity contribution is -0.274. The number of para-hydroxylation sites is 1. The van der Waals surface area contributed by atoms with Crippen molar-refractivity contribution in [3.8, 4) is 5.75 Å². The zero-order valence-electron chi connectivity index (χ0n) is 17.5. The highest BCUT2D eigenvalue weighted by Gasteiger charge is 2.45. The zero-order valence-corrected chi connectivity index (χ0v) is 17.5. The number of alkyl halides is 6. The summed E-state index contributed by atoms with van der Waals surface area (Å²) < 4.78 is 81.8. The Morgan fingerprint density at radius 1 is 0.818 bits per heavy atom. The molecule has 0 aromatic heterocycles. The van der Waals surface area contributed by atoms with Crippen molar-refractivity contribution in [2.75, 3.05) is 18.0 Å². The molecule has 0 aliphatic carbocycles. The molecular formula is C25H21F6NO. The van der Waals surface area contributed by atoms with Gasteiger partial charge < -0.3 is 9.64 Å². The third-order valence-electron chi connectivity index (χ3n) is 5.86. The molecule has 174 valence electrons. The number of fused-ring (bicyclic) bond motifs is 1. The van der Waals surface area contributed by atoms with Gasteiger partial charge in [-0.2, -0.15) is 13.2 Å². The van der Waals surface area contributed by atoms with Crippen LogP contribution in [0, 0.1) is 0 Å². The third-order valence-corrected chi connectivity index (χ3v) is 5.86. The summed E-state index contributed by atoms with van der Waals surface area (Å²) in [6.45, 7) is -0.0391. The molecule has 2 nitrogen and oxygen atoms in total. The molecule has 0 fully saturated rings. The summed E-state index contributed by atoms with van der Waals surface area (Å²) in [6, 6.07) is 22.2. The van der Waals surface area contributed by atoms with Gasteiger partial charge in [-0.1, -0.05) is 60.7 Å². The van der Waals surface area contributed by atoms with E-state index in [1.54, 1.807) is 29.2 Å². The molecule has 0 saturated heterocycles. The lowest BCUT2D eigenvalue weighted by Gasteiger charge is -2.32. The van der Waals surface area contributed by atoms with E-state index in [0.717, 1.165) is 11.1 Å². The van der Waals surface area contributed by atoms with Gasteiger partial charge in [-0.15, -0.1) is 13.2 Å². The van der Waals surface area contributed by atoms with E-state index in [4.69, 9.17) is 0 Å². The quantitative estimate of drug-likeness (QED) is 0.368. The Labute approximate surface area is 187 Å². The summed E-state index contributed by atoms with van der Waals surface area (Å²) in [5.74, 6) is -0.362. The molecule has 33 heavy (non-hydrogen) atoms. The molecule has 1 aliphatic rings. The van der Waals surface area contributed by atoms with Crippen LogP contribution in [0.1, 0.15) is 23.1 Å². The van der Waals surface area contributed by atoms with E-state index < -0.39 is 24.4 Å². The first kappa shape index (κ1) is 23.0. The number of nitrogens with zero attached hydrogens (tertiary/aromatic N) is 1. The summed E-state index contributed by atoms with van der Waals surface area (Å²) in [4.78, 5) is 1.67. The van der Waals surface area contributed by atoms with E-state index in [2.05, 4.69) is 4.74 Å². The van der Waals surface area contributed by atoms with Crippen molar-refractivity contribution < 1.29 is 31.1 Å². The summed E-state index contributed by atoms with van der Waals surface area (Å²) in [6.07, 6.45) is -9.75. The number of hydrogen-bond donors (Lipinski definition) is 0. The van der Waals surface area contributed by atoms with E-state index in [0.29, 0.717) is 17.7 Å². The van der Waals surface area contributed by atoms with Crippen molar-refractivity contribution in [2.45, 2.75) is 30.8 Å². The minimum absolute atomic E-state index is 0.201. The maximum absolute atomic E-state index is 13.0. The van der Waals surface area contributed by atoms with Crippen LogP contribution in [-0.2, 0) is 11.8 Å². The van der Waals surface area contributed by atoms with Gasteiger partial charge in [0.2, 0.25) is 0 Å². The van der Waals surface area contributed by atoms with Gasteiger partial charge in [-0.3, -0.25) is 0 Å². The van der Waals surface area contributed by atoms with Crippen LogP contribution in [0.3, 0.4) is 0 Å². The van der Waals surface area contributed by atoms with Crippen molar-refractivity contribution >= 4 is 5.69 Å². The zero-order chi connectivity index (χ0) is 23.7. The predicted octanol–water partition coefficient (Wildman–Crippen LogP) is 6.89. The van der Waals surface area contributed by atoms with Crippen molar-refractivity contribution in [1.82, 2.24) is 0 Å². The van der Waals surface area contributed by atoms with Gasteiger partial charge in [0.05, 0.1) is 6.42 Å². The van der Waals surface area contributed by atoms with Gasteiger partial charge in [-0.25, -0.2) is 0 Å². The monoisotopic (exact) mass is 465 g/mol. The van der Waals surface area contributed by atoms with Gasteiger partial charge in [-0.05, 0) is 41.3 Å². The first-order chi connectivity index (χ1) is 15.6. The molecule has 8 heteroatoms. The van der Waals surface area contributed by atoms with E-state index in [9.17, 15) is 26.3 Å². The Kier molecular flexibility index (Phi) is 6.03. The number of halogens is 6. The van der Waals surface area contributed by atoms with E-state index in [1.807, 2.05) is 36.4 Å². The fraction of sp³-hybridized carbons (Fsp3) is 0.280. The van der Waals surface area contributed by atoms with Crippen LogP contribution in [-0.4, -0.2) is 25.6 Å². The summed E-state index contributed by atoms with van der Waals surface area (Å²) in [5.41, 5.74) is 2.05. The highest BCUT2D eigenvalue weighted by atomic mass is 19.4. The van der Waals surface area contributed by atoms with Gasteiger partial charge in [0.25, 0.3) is 0 Å².